The molecule has 0 amide bonds. The molecule has 0 saturated carbocycles. The summed E-state index contributed by atoms with van der Waals surface area (Å²) in [5.74, 6) is 0.789. The Labute approximate surface area is 171 Å². The van der Waals surface area contributed by atoms with E-state index in [9.17, 15) is 5.11 Å². The Morgan fingerprint density at radius 3 is 2.54 bits per heavy atom. The van der Waals surface area contributed by atoms with Crippen LogP contribution in [0.2, 0.25) is 5.02 Å². The standard InChI is InChI=1S/C23H27ClN2O2/c1-23(27,16-4-7-18(28-3)8-5-16)15-26-21-9-6-17(24)14-20(21)19-10-12-25(2)13-11-22(19)26/h4-9,14,27H,10-13,15H2,1-3H3. The van der Waals surface area contributed by atoms with E-state index in [4.69, 9.17) is 16.3 Å². The summed E-state index contributed by atoms with van der Waals surface area (Å²) in [6.07, 6.45) is 1.97. The molecule has 148 valence electrons. The minimum Gasteiger partial charge on any atom is -0.497 e. The van der Waals surface area contributed by atoms with Crippen molar-refractivity contribution in [3.63, 3.8) is 0 Å². The van der Waals surface area contributed by atoms with E-state index in [2.05, 4.69) is 28.6 Å². The molecule has 0 aliphatic carbocycles. The van der Waals surface area contributed by atoms with Crippen molar-refractivity contribution in [2.45, 2.75) is 31.9 Å². The van der Waals surface area contributed by atoms with Gasteiger partial charge in [0.25, 0.3) is 0 Å². The number of aliphatic hydroxyl groups is 1. The van der Waals surface area contributed by atoms with E-state index in [1.807, 2.05) is 37.3 Å². The molecule has 1 aliphatic rings. The summed E-state index contributed by atoms with van der Waals surface area (Å²) in [5.41, 5.74) is 3.71. The first-order valence-electron chi connectivity index (χ1n) is 9.74. The van der Waals surface area contributed by atoms with Crippen LogP contribution in [0.1, 0.15) is 23.7 Å². The van der Waals surface area contributed by atoms with Gasteiger partial charge in [-0.2, -0.15) is 0 Å². The monoisotopic (exact) mass is 398 g/mol. The highest BCUT2D eigenvalue weighted by atomic mass is 35.5. The molecule has 4 rings (SSSR count). The third-order valence-corrected chi connectivity index (χ3v) is 6.14. The molecule has 0 fully saturated rings. The quantitative estimate of drug-likeness (QED) is 0.714. The van der Waals surface area contributed by atoms with Crippen molar-refractivity contribution in [1.82, 2.24) is 9.47 Å². The number of hydrogen-bond donors (Lipinski definition) is 1. The van der Waals surface area contributed by atoms with Crippen LogP contribution in [0, 0.1) is 0 Å². The van der Waals surface area contributed by atoms with Crippen molar-refractivity contribution < 1.29 is 9.84 Å². The van der Waals surface area contributed by atoms with Gasteiger partial charge in [-0.15, -0.1) is 0 Å². The Kier molecular flexibility index (Phi) is 5.13. The number of benzene rings is 2. The van der Waals surface area contributed by atoms with Gasteiger partial charge in [0.2, 0.25) is 0 Å². The topological polar surface area (TPSA) is 37.6 Å². The van der Waals surface area contributed by atoms with Crippen LogP contribution in [-0.4, -0.2) is 41.8 Å². The Bertz CT molecular complexity index is 992. The number of fused-ring (bicyclic) bond motifs is 3. The lowest BCUT2D eigenvalue weighted by Gasteiger charge is -2.27. The summed E-state index contributed by atoms with van der Waals surface area (Å²) >= 11 is 6.32. The van der Waals surface area contributed by atoms with Crippen molar-refractivity contribution >= 4 is 22.5 Å². The molecule has 2 aromatic carbocycles. The van der Waals surface area contributed by atoms with Gasteiger partial charge in [-0.1, -0.05) is 23.7 Å². The molecular weight excluding hydrogens is 372 g/mol. The van der Waals surface area contributed by atoms with Crippen molar-refractivity contribution in [2.75, 3.05) is 27.2 Å². The van der Waals surface area contributed by atoms with Crippen molar-refractivity contribution in [3.8, 4) is 5.75 Å². The zero-order valence-corrected chi connectivity index (χ0v) is 17.5. The van der Waals surface area contributed by atoms with Crippen LogP contribution in [0.25, 0.3) is 10.9 Å². The minimum atomic E-state index is -0.996. The molecule has 28 heavy (non-hydrogen) atoms. The van der Waals surface area contributed by atoms with Gasteiger partial charge in [0.15, 0.2) is 0 Å². The van der Waals surface area contributed by atoms with Crippen molar-refractivity contribution in [3.05, 3.63) is 64.3 Å². The minimum absolute atomic E-state index is 0.497. The maximum Gasteiger partial charge on any atom is 0.118 e. The van der Waals surface area contributed by atoms with Gasteiger partial charge in [-0.3, -0.25) is 0 Å². The van der Waals surface area contributed by atoms with Gasteiger partial charge >= 0.3 is 0 Å². The van der Waals surface area contributed by atoms with Crippen LogP contribution < -0.4 is 4.74 Å². The lowest BCUT2D eigenvalue weighted by Crippen LogP contribution is -2.29. The second-order valence-corrected chi connectivity index (χ2v) is 8.41. The summed E-state index contributed by atoms with van der Waals surface area (Å²) < 4.78 is 7.55. The van der Waals surface area contributed by atoms with Crippen LogP contribution in [0.3, 0.4) is 0 Å². The Morgan fingerprint density at radius 1 is 1.11 bits per heavy atom. The van der Waals surface area contributed by atoms with E-state index in [-0.39, 0.29) is 0 Å². The highest BCUT2D eigenvalue weighted by Crippen LogP contribution is 2.34. The van der Waals surface area contributed by atoms with Gasteiger partial charge in [0.1, 0.15) is 11.4 Å². The average Bonchev–Trinajstić information content (AvgIpc) is 2.82. The molecule has 1 atom stereocenters. The number of aromatic nitrogens is 1. The Balaban J connectivity index is 1.79. The van der Waals surface area contributed by atoms with Crippen molar-refractivity contribution in [1.29, 1.82) is 0 Å². The molecule has 0 saturated heterocycles. The number of rotatable bonds is 4. The highest BCUT2D eigenvalue weighted by molar-refractivity contribution is 6.31. The van der Waals surface area contributed by atoms with Gasteiger partial charge in [-0.25, -0.2) is 0 Å². The molecule has 0 spiro atoms. The van der Waals surface area contributed by atoms with Crippen molar-refractivity contribution in [2.24, 2.45) is 0 Å². The second kappa shape index (κ2) is 7.43. The average molecular weight is 399 g/mol. The summed E-state index contributed by atoms with van der Waals surface area (Å²) in [4.78, 5) is 2.36. The summed E-state index contributed by atoms with van der Waals surface area (Å²) in [6.45, 7) is 4.43. The lowest BCUT2D eigenvalue weighted by atomic mass is 9.95. The number of nitrogens with zero attached hydrogens (tertiary/aromatic N) is 2. The van der Waals surface area contributed by atoms with E-state index in [1.165, 1.54) is 16.6 Å². The van der Waals surface area contributed by atoms with Crippen LogP contribution in [0.15, 0.2) is 42.5 Å². The molecule has 1 unspecified atom stereocenters. The molecule has 4 nitrogen and oxygen atoms in total. The normalized spacial score (nSPS) is 17.2. The smallest absolute Gasteiger partial charge is 0.118 e. The molecule has 1 N–H and O–H groups in total. The van der Waals surface area contributed by atoms with E-state index in [1.54, 1.807) is 7.11 Å². The molecule has 3 aromatic rings. The second-order valence-electron chi connectivity index (χ2n) is 7.98. The maximum atomic E-state index is 11.4. The molecule has 5 heteroatoms. The summed E-state index contributed by atoms with van der Waals surface area (Å²) in [5, 5.41) is 13.3. The van der Waals surface area contributed by atoms with Crippen LogP contribution >= 0.6 is 11.6 Å². The SMILES string of the molecule is COc1ccc(C(C)(O)Cn2c3c(c4cc(Cl)ccc42)CCN(C)CC3)cc1. The Hall–Kier alpha value is -2.01. The first-order valence-corrected chi connectivity index (χ1v) is 10.1. The van der Waals surface area contributed by atoms with Gasteiger partial charge in [0.05, 0.1) is 13.7 Å². The predicted octanol–water partition coefficient (Wildman–Crippen LogP) is 4.24. The molecule has 2 heterocycles. The molecule has 1 aliphatic heterocycles. The molecular formula is C23H27ClN2O2. The number of hydrogen-bond acceptors (Lipinski definition) is 3. The molecule has 0 radical (unpaired) electrons. The third kappa shape index (κ3) is 3.52. The lowest BCUT2D eigenvalue weighted by molar-refractivity contribution is 0.0387. The number of ether oxygens (including phenoxy) is 1. The number of methoxy groups -OCH3 is 1. The van der Waals surface area contributed by atoms with E-state index in [0.29, 0.717) is 6.54 Å². The zero-order chi connectivity index (χ0) is 19.9. The van der Waals surface area contributed by atoms with Gasteiger partial charge < -0.3 is 19.3 Å². The fraction of sp³-hybridized carbons (Fsp3) is 0.391. The number of likely N-dealkylation sites (N-methyl/N-ethyl adjacent to an activating group) is 1. The highest BCUT2D eigenvalue weighted by Gasteiger charge is 2.28. The summed E-state index contributed by atoms with van der Waals surface area (Å²) in [7, 11) is 3.81. The van der Waals surface area contributed by atoms with Crippen LogP contribution in [0.4, 0.5) is 0 Å². The first-order chi connectivity index (χ1) is 13.4. The predicted molar refractivity (Wildman–Crippen MR) is 114 cm³/mol. The van der Waals surface area contributed by atoms with Crippen LogP contribution in [-0.2, 0) is 25.0 Å². The van der Waals surface area contributed by atoms with E-state index in [0.717, 1.165) is 47.8 Å². The third-order valence-electron chi connectivity index (χ3n) is 5.90. The fourth-order valence-corrected chi connectivity index (χ4v) is 4.43. The first kappa shape index (κ1) is 19.3. The fourth-order valence-electron chi connectivity index (χ4n) is 4.25. The Morgan fingerprint density at radius 2 is 1.82 bits per heavy atom. The largest absolute Gasteiger partial charge is 0.497 e. The van der Waals surface area contributed by atoms with E-state index >= 15 is 0 Å². The van der Waals surface area contributed by atoms with E-state index < -0.39 is 5.60 Å². The van der Waals surface area contributed by atoms with Gasteiger partial charge in [0, 0.05) is 41.1 Å². The van der Waals surface area contributed by atoms with Gasteiger partial charge in [-0.05, 0) is 61.9 Å². The molecule has 0 bridgehead atoms. The number of halogens is 1. The molecule has 1 aromatic heterocycles. The zero-order valence-electron chi connectivity index (χ0n) is 16.7. The van der Waals surface area contributed by atoms with Crippen LogP contribution in [0.5, 0.6) is 5.75 Å². The maximum absolute atomic E-state index is 11.4. The summed E-state index contributed by atoms with van der Waals surface area (Å²) in [6, 6.07) is 13.8.